The van der Waals surface area contributed by atoms with Crippen LogP contribution < -0.4 is 24.4 Å². The normalized spacial score (nSPS) is 16.7. The van der Waals surface area contributed by atoms with E-state index in [1.54, 1.807) is 39.8 Å². The lowest BCUT2D eigenvalue weighted by molar-refractivity contribution is -0.127. The van der Waals surface area contributed by atoms with Crippen LogP contribution in [0.25, 0.3) is 6.08 Å². The zero-order valence-corrected chi connectivity index (χ0v) is 22.2. The van der Waals surface area contributed by atoms with Crippen molar-refractivity contribution in [1.29, 1.82) is 0 Å². The highest BCUT2D eigenvalue weighted by atomic mass is 35.5. The monoisotopic (exact) mass is 543 g/mol. The van der Waals surface area contributed by atoms with Crippen LogP contribution in [0, 0.1) is 0 Å². The minimum atomic E-state index is -0.638. The summed E-state index contributed by atoms with van der Waals surface area (Å²) in [5, 5.41) is 1.01. The Balaban J connectivity index is 1.71. The summed E-state index contributed by atoms with van der Waals surface area (Å²) in [6.07, 6.45) is 1.72. The summed E-state index contributed by atoms with van der Waals surface area (Å²) in [7, 11) is 0. The number of allylic oxidation sites excluding steroid dienone is 1. The van der Waals surface area contributed by atoms with Crippen LogP contribution in [0.4, 0.5) is 0 Å². The van der Waals surface area contributed by atoms with Gasteiger partial charge in [0.05, 0.1) is 26.9 Å². The topological polar surface area (TPSA) is 73.1 Å². The van der Waals surface area contributed by atoms with Gasteiger partial charge in [-0.05, 0) is 56.2 Å². The third-order valence-electron chi connectivity index (χ3n) is 6.27. The number of aromatic nitrogens is 1. The number of fused-ring (bicyclic) bond motifs is 2. The third-order valence-corrected chi connectivity index (χ3v) is 7.83. The van der Waals surface area contributed by atoms with E-state index < -0.39 is 6.04 Å². The molecule has 0 saturated heterocycles. The predicted octanol–water partition coefficient (Wildman–Crippen LogP) is 4.14. The third kappa shape index (κ3) is 4.23. The van der Waals surface area contributed by atoms with Gasteiger partial charge in [0.15, 0.2) is 16.3 Å². The van der Waals surface area contributed by atoms with Gasteiger partial charge in [-0.3, -0.25) is 14.2 Å². The number of carbonyl (C=O) groups excluding carboxylic acids is 1. The maximum Gasteiger partial charge on any atom is 0.271 e. The largest absolute Gasteiger partial charge is 0.454 e. The van der Waals surface area contributed by atoms with Crippen molar-refractivity contribution in [2.24, 2.45) is 4.99 Å². The lowest BCUT2D eigenvalue weighted by Gasteiger charge is -2.29. The van der Waals surface area contributed by atoms with Crippen LogP contribution in [0.5, 0.6) is 11.5 Å². The molecule has 0 N–H and O–H groups in total. The fourth-order valence-electron chi connectivity index (χ4n) is 4.42. The van der Waals surface area contributed by atoms with Crippen LogP contribution in [0.3, 0.4) is 0 Å². The van der Waals surface area contributed by atoms with Gasteiger partial charge in [0, 0.05) is 24.2 Å². The van der Waals surface area contributed by atoms with E-state index in [2.05, 4.69) is 4.99 Å². The van der Waals surface area contributed by atoms with E-state index in [1.165, 1.54) is 11.3 Å². The number of rotatable bonds is 5. The molecular formula is C26H23Cl2N3O4S. The van der Waals surface area contributed by atoms with E-state index in [-0.39, 0.29) is 18.3 Å². The maximum absolute atomic E-state index is 13.8. The SMILES string of the molecule is CCN(CC)C(=O)C1=C(C)N=c2s/c(=C/c3cc4c(cc3Cl)OCO4)c(=O)n2[C@H]1c1ccc(Cl)cc1. The fraction of sp³-hybridized carbons (Fsp3) is 0.269. The number of halogens is 2. The molecule has 2 aromatic carbocycles. The van der Waals surface area contributed by atoms with Crippen LogP contribution >= 0.6 is 34.5 Å². The summed E-state index contributed by atoms with van der Waals surface area (Å²) in [5.74, 6) is 0.992. The Morgan fingerprint density at radius 3 is 2.50 bits per heavy atom. The van der Waals surface area contributed by atoms with Crippen LogP contribution in [-0.4, -0.2) is 35.3 Å². The van der Waals surface area contributed by atoms with E-state index in [0.717, 1.165) is 5.56 Å². The van der Waals surface area contributed by atoms with Crippen molar-refractivity contribution in [2.45, 2.75) is 26.8 Å². The summed E-state index contributed by atoms with van der Waals surface area (Å²) in [5.41, 5.74) is 2.20. The number of hydrogen-bond acceptors (Lipinski definition) is 6. The second kappa shape index (κ2) is 9.76. The first-order valence-corrected chi connectivity index (χ1v) is 13.1. The Bertz CT molecular complexity index is 1570. The number of nitrogens with zero attached hydrogens (tertiary/aromatic N) is 3. The molecule has 0 spiro atoms. The Kier molecular flexibility index (Phi) is 6.68. The first kappa shape index (κ1) is 24.6. The minimum Gasteiger partial charge on any atom is -0.454 e. The summed E-state index contributed by atoms with van der Waals surface area (Å²) >= 11 is 13.9. The smallest absolute Gasteiger partial charge is 0.271 e. The average Bonchev–Trinajstić information content (AvgIpc) is 3.43. The minimum absolute atomic E-state index is 0.126. The van der Waals surface area contributed by atoms with Gasteiger partial charge in [-0.2, -0.15) is 0 Å². The summed E-state index contributed by atoms with van der Waals surface area (Å²) in [6.45, 7) is 6.89. The lowest BCUT2D eigenvalue weighted by Crippen LogP contribution is -2.43. The van der Waals surface area contributed by atoms with Gasteiger partial charge in [-0.25, -0.2) is 4.99 Å². The predicted molar refractivity (Wildman–Crippen MR) is 141 cm³/mol. The molecular weight excluding hydrogens is 521 g/mol. The fourth-order valence-corrected chi connectivity index (χ4v) is 5.79. The number of hydrogen-bond donors (Lipinski definition) is 0. The first-order valence-electron chi connectivity index (χ1n) is 11.5. The number of amides is 1. The Morgan fingerprint density at radius 1 is 1.17 bits per heavy atom. The molecule has 0 unspecified atom stereocenters. The Morgan fingerprint density at radius 2 is 1.83 bits per heavy atom. The van der Waals surface area contributed by atoms with Crippen molar-refractivity contribution < 1.29 is 14.3 Å². The molecule has 0 saturated carbocycles. The van der Waals surface area contributed by atoms with Gasteiger partial charge in [-0.15, -0.1) is 0 Å². The van der Waals surface area contributed by atoms with Gasteiger partial charge in [0.2, 0.25) is 6.79 Å². The highest BCUT2D eigenvalue weighted by Crippen LogP contribution is 2.37. The zero-order valence-electron chi connectivity index (χ0n) is 19.9. The van der Waals surface area contributed by atoms with Crippen LogP contribution in [0.2, 0.25) is 10.0 Å². The molecule has 2 aliphatic heterocycles. The molecule has 1 atom stereocenters. The number of likely N-dealkylation sites (N-methyl/N-ethyl adjacent to an activating group) is 1. The molecule has 7 nitrogen and oxygen atoms in total. The van der Waals surface area contributed by atoms with Crippen LogP contribution in [-0.2, 0) is 4.79 Å². The quantitative estimate of drug-likeness (QED) is 0.484. The van der Waals surface area contributed by atoms with Crippen LogP contribution in [0.1, 0.15) is 37.9 Å². The van der Waals surface area contributed by atoms with E-state index in [1.807, 2.05) is 32.9 Å². The molecule has 0 bridgehead atoms. The molecule has 36 heavy (non-hydrogen) atoms. The first-order chi connectivity index (χ1) is 17.3. The molecule has 5 rings (SSSR count). The molecule has 10 heteroatoms. The van der Waals surface area contributed by atoms with E-state index in [0.29, 0.717) is 60.8 Å². The highest BCUT2D eigenvalue weighted by molar-refractivity contribution is 7.07. The molecule has 0 fully saturated rings. The van der Waals surface area contributed by atoms with Gasteiger partial charge in [0.25, 0.3) is 11.5 Å². The van der Waals surface area contributed by atoms with Crippen molar-refractivity contribution in [3.63, 3.8) is 0 Å². The number of thiazole rings is 1. The number of benzene rings is 2. The van der Waals surface area contributed by atoms with Gasteiger partial charge < -0.3 is 14.4 Å². The average molecular weight is 544 g/mol. The second-order valence-electron chi connectivity index (χ2n) is 8.34. The van der Waals surface area contributed by atoms with E-state index >= 15 is 0 Å². The van der Waals surface area contributed by atoms with Crippen molar-refractivity contribution in [3.05, 3.63) is 88.5 Å². The molecule has 1 aromatic heterocycles. The summed E-state index contributed by atoms with van der Waals surface area (Å²) < 4.78 is 12.9. The van der Waals surface area contributed by atoms with Crippen LogP contribution in [0.15, 0.2) is 57.5 Å². The van der Waals surface area contributed by atoms with E-state index in [4.69, 9.17) is 32.7 Å². The molecule has 0 aliphatic carbocycles. The highest BCUT2D eigenvalue weighted by Gasteiger charge is 2.34. The zero-order chi connectivity index (χ0) is 25.6. The Labute approximate surface area is 221 Å². The lowest BCUT2D eigenvalue weighted by atomic mass is 9.94. The maximum atomic E-state index is 13.8. The Hall–Kier alpha value is -3.07. The molecule has 0 radical (unpaired) electrons. The molecule has 2 aliphatic rings. The van der Waals surface area contributed by atoms with Crippen molar-refractivity contribution >= 4 is 46.5 Å². The number of carbonyl (C=O) groups is 1. The van der Waals surface area contributed by atoms with Crippen molar-refractivity contribution in [3.8, 4) is 11.5 Å². The molecule has 186 valence electrons. The van der Waals surface area contributed by atoms with Gasteiger partial charge in [-0.1, -0.05) is 46.7 Å². The van der Waals surface area contributed by atoms with Gasteiger partial charge >= 0.3 is 0 Å². The molecule has 1 amide bonds. The number of ether oxygens (including phenoxy) is 2. The van der Waals surface area contributed by atoms with Crippen molar-refractivity contribution in [1.82, 2.24) is 9.47 Å². The van der Waals surface area contributed by atoms with E-state index in [9.17, 15) is 9.59 Å². The second-order valence-corrected chi connectivity index (χ2v) is 10.2. The molecule has 3 heterocycles. The standard InChI is InChI=1S/C26H23Cl2N3O4S/c1-4-30(5-2)25(33)22-14(3)29-26-31(23(22)15-6-8-17(27)9-7-15)24(32)21(36-26)11-16-10-19-20(12-18(16)28)35-13-34-19/h6-12,23H,4-5,13H2,1-3H3/b21-11+/t23-/m0/s1. The molecule has 3 aromatic rings. The summed E-state index contributed by atoms with van der Waals surface area (Å²) in [6, 6.07) is 9.98. The van der Waals surface area contributed by atoms with Crippen molar-refractivity contribution in [2.75, 3.05) is 19.9 Å². The van der Waals surface area contributed by atoms with Gasteiger partial charge in [0.1, 0.15) is 0 Å². The summed E-state index contributed by atoms with van der Waals surface area (Å²) in [4.78, 5) is 34.4.